The van der Waals surface area contributed by atoms with Crippen LogP contribution in [0, 0.1) is 11.6 Å². The number of fused-ring (bicyclic) bond motifs is 1. The summed E-state index contributed by atoms with van der Waals surface area (Å²) in [5.74, 6) is -6.97. The number of pyridine rings is 1. The first-order valence-corrected chi connectivity index (χ1v) is 15.4. The highest BCUT2D eigenvalue weighted by Crippen LogP contribution is 2.32. The van der Waals surface area contributed by atoms with Crippen molar-refractivity contribution < 1.29 is 44.8 Å². The van der Waals surface area contributed by atoms with E-state index in [9.17, 15) is 35.6 Å². The van der Waals surface area contributed by atoms with E-state index >= 15 is 4.39 Å². The normalized spacial score (nSPS) is 14.0. The molecule has 17 heteroatoms. The van der Waals surface area contributed by atoms with Gasteiger partial charge in [-0.05, 0) is 42.3 Å². The minimum atomic E-state index is -5.41. The number of aromatic nitrogens is 2. The van der Waals surface area contributed by atoms with Crippen molar-refractivity contribution in [1.82, 2.24) is 19.8 Å². The third-order valence-electron chi connectivity index (χ3n) is 7.06. The molecule has 3 N–H and O–H groups in total. The number of ketones is 1. The molecule has 0 unspecified atom stereocenters. The quantitative estimate of drug-likeness (QED) is 0.172. The summed E-state index contributed by atoms with van der Waals surface area (Å²) in [5, 5.41) is 3.06. The van der Waals surface area contributed by atoms with E-state index in [1.54, 1.807) is 19.1 Å². The van der Waals surface area contributed by atoms with Crippen molar-refractivity contribution in [2.75, 3.05) is 42.3 Å². The summed E-state index contributed by atoms with van der Waals surface area (Å²) in [5.41, 5.74) is -1.03. The highest BCUT2D eigenvalue weighted by Gasteiger charge is 2.42. The molecule has 5 rings (SSSR count). The maximum atomic E-state index is 15.6. The maximum absolute atomic E-state index is 15.6. The third kappa shape index (κ3) is 6.95. The minimum Gasteiger partial charge on any atom is -0.369 e. The number of nitrogens with zero attached hydrogens (tertiary/aromatic N) is 3. The molecule has 46 heavy (non-hydrogen) atoms. The van der Waals surface area contributed by atoms with E-state index in [4.69, 9.17) is 0 Å². The second-order valence-corrected chi connectivity index (χ2v) is 11.7. The van der Waals surface area contributed by atoms with Crippen LogP contribution in [0.1, 0.15) is 29.3 Å². The molecule has 0 radical (unpaired) electrons. The van der Waals surface area contributed by atoms with Gasteiger partial charge in [-0.25, -0.2) is 18.6 Å². The molecule has 0 bridgehead atoms. The number of carbonyl (C=O) groups excluding carboxylic acids is 2. The van der Waals surface area contributed by atoms with Gasteiger partial charge in [-0.1, -0.05) is 19.1 Å². The Balaban J connectivity index is 1.58. The van der Waals surface area contributed by atoms with Gasteiger partial charge in [-0.3, -0.25) is 9.52 Å². The van der Waals surface area contributed by atoms with Crippen molar-refractivity contribution in [3.8, 4) is 11.1 Å². The second kappa shape index (κ2) is 13.0. The van der Waals surface area contributed by atoms with Gasteiger partial charge in [0.1, 0.15) is 5.82 Å². The number of nitrogens with one attached hydrogen (secondary N) is 3. The van der Waals surface area contributed by atoms with Gasteiger partial charge in [-0.15, -0.1) is 0 Å². The van der Waals surface area contributed by atoms with Crippen LogP contribution in [0.25, 0.3) is 22.2 Å². The van der Waals surface area contributed by atoms with Gasteiger partial charge in [-0.2, -0.15) is 31.0 Å². The molecule has 0 saturated carbocycles. The molecule has 3 heterocycles. The fraction of sp³-hybridized carbons (Fsp3) is 0.276. The van der Waals surface area contributed by atoms with Crippen LogP contribution in [0.4, 0.5) is 33.3 Å². The zero-order valence-electron chi connectivity index (χ0n) is 24.1. The summed E-state index contributed by atoms with van der Waals surface area (Å²) in [6.07, 6.45) is -3.08. The number of halogens is 5. The van der Waals surface area contributed by atoms with Crippen molar-refractivity contribution in [2.45, 2.75) is 19.5 Å². The Morgan fingerprint density at radius 2 is 1.74 bits per heavy atom. The number of piperazine rings is 1. The molecule has 0 spiro atoms. The van der Waals surface area contributed by atoms with Crippen molar-refractivity contribution >= 4 is 44.4 Å². The zero-order chi connectivity index (χ0) is 33.2. The highest BCUT2D eigenvalue weighted by molar-refractivity contribution is 7.90. The predicted octanol–water partition coefficient (Wildman–Crippen LogP) is 3.80. The smallest absolute Gasteiger partial charge is 0.369 e. The van der Waals surface area contributed by atoms with E-state index in [1.165, 1.54) is 12.3 Å². The van der Waals surface area contributed by atoms with E-state index in [0.717, 1.165) is 37.9 Å². The predicted molar refractivity (Wildman–Crippen MR) is 159 cm³/mol. The maximum Gasteiger partial charge on any atom is 0.493 e. The molecule has 1 saturated heterocycles. The van der Waals surface area contributed by atoms with Crippen molar-refractivity contribution in [3.63, 3.8) is 0 Å². The molecular weight excluding hydrogens is 639 g/mol. The monoisotopic (exact) mass is 666 g/mol. The van der Waals surface area contributed by atoms with E-state index in [1.807, 2.05) is 16.9 Å². The number of alkyl halides is 3. The van der Waals surface area contributed by atoms with Gasteiger partial charge < -0.3 is 15.1 Å². The van der Waals surface area contributed by atoms with Crippen LogP contribution < -0.4 is 24.5 Å². The summed E-state index contributed by atoms with van der Waals surface area (Å²) in [6.45, 7) is 4.93. The largest absolute Gasteiger partial charge is 0.493 e. The summed E-state index contributed by atoms with van der Waals surface area (Å²) in [4.78, 5) is 36.0. The van der Waals surface area contributed by atoms with Gasteiger partial charge in [0.2, 0.25) is 5.78 Å². The van der Waals surface area contributed by atoms with Crippen LogP contribution in [0.15, 0.2) is 54.9 Å². The number of hydrogen-bond acceptors (Lipinski definition) is 8. The van der Waals surface area contributed by atoms with Crippen molar-refractivity contribution in [3.05, 3.63) is 77.6 Å². The van der Waals surface area contributed by atoms with Crippen molar-refractivity contribution in [1.29, 1.82) is 0 Å². The molecule has 0 amide bonds. The number of anilines is 2. The first-order chi connectivity index (χ1) is 21.8. The molecule has 0 atom stereocenters. The summed E-state index contributed by atoms with van der Waals surface area (Å²) in [7, 11) is -4.30. The van der Waals surface area contributed by atoms with E-state index in [-0.39, 0.29) is 16.7 Å². The topological polar surface area (TPSA) is 135 Å². The lowest BCUT2D eigenvalue weighted by Gasteiger charge is -2.29. The summed E-state index contributed by atoms with van der Waals surface area (Å²) in [6, 6.07) is 10.0. The Morgan fingerprint density at radius 1 is 1.04 bits per heavy atom. The average molecular weight is 667 g/mol. The SMILES string of the molecule is CCCNS(=O)(=O)Nc1ccc(F)c(C(=O)c2cn(OC(=O)C(F)(F)F)c3ncc(-c4ccc(N5CCNCC5)cc4)cc23)c1F. The number of hydrogen-bond donors (Lipinski definition) is 3. The van der Waals surface area contributed by atoms with Gasteiger partial charge in [0, 0.05) is 55.6 Å². The first kappa shape index (κ1) is 32.8. The highest BCUT2D eigenvalue weighted by atomic mass is 32.2. The first-order valence-electron chi connectivity index (χ1n) is 14.0. The lowest BCUT2D eigenvalue weighted by atomic mass is 9.99. The van der Waals surface area contributed by atoms with Crippen LogP contribution >= 0.6 is 0 Å². The Morgan fingerprint density at radius 3 is 2.39 bits per heavy atom. The molecule has 4 aromatic rings. The Labute approximate surface area is 259 Å². The van der Waals surface area contributed by atoms with Crippen LogP contribution in [0.3, 0.4) is 0 Å². The molecule has 244 valence electrons. The summed E-state index contributed by atoms with van der Waals surface area (Å²) < 4.78 is 98.5. The number of rotatable bonds is 10. The van der Waals surface area contributed by atoms with Gasteiger partial charge >= 0.3 is 12.1 Å². The van der Waals surface area contributed by atoms with Gasteiger partial charge in [0.15, 0.2) is 11.5 Å². The van der Waals surface area contributed by atoms with E-state index < -0.39 is 62.2 Å². The Hall–Kier alpha value is -4.61. The Bertz CT molecular complexity index is 1890. The second-order valence-electron chi connectivity index (χ2n) is 10.2. The van der Waals surface area contributed by atoms with Crippen LogP contribution in [-0.2, 0) is 15.0 Å². The van der Waals surface area contributed by atoms with E-state index in [0.29, 0.717) is 29.8 Å². The molecule has 0 aliphatic carbocycles. The molecule has 1 aliphatic rings. The fourth-order valence-corrected chi connectivity index (χ4v) is 5.80. The lowest BCUT2D eigenvalue weighted by Crippen LogP contribution is -2.43. The minimum absolute atomic E-state index is 0.00782. The number of carbonyl (C=O) groups is 2. The third-order valence-corrected chi connectivity index (χ3v) is 8.13. The fourth-order valence-electron chi connectivity index (χ4n) is 4.81. The molecule has 2 aromatic heterocycles. The lowest BCUT2D eigenvalue weighted by molar-refractivity contribution is -0.199. The summed E-state index contributed by atoms with van der Waals surface area (Å²) >= 11 is 0. The van der Waals surface area contributed by atoms with Crippen LogP contribution in [-0.4, -0.2) is 68.8 Å². The zero-order valence-corrected chi connectivity index (χ0v) is 24.9. The van der Waals surface area contributed by atoms with Gasteiger partial charge in [0.25, 0.3) is 10.2 Å². The molecule has 1 aliphatic heterocycles. The van der Waals surface area contributed by atoms with Crippen LogP contribution in [0.5, 0.6) is 0 Å². The number of benzene rings is 2. The average Bonchev–Trinajstić information content (AvgIpc) is 3.39. The standard InChI is InChI=1S/C29H27F5N6O5S/c1-2-9-37-46(43,44)38-23-8-7-22(30)24(25(23)31)26(41)21-16-40(45-28(42)29(32,33)34)27-20(21)14-18(15-36-27)17-3-5-19(6-4-17)39-12-10-35-11-13-39/h3-8,14-16,35,37-38H,2,9-13H2,1H3. The molecule has 1 fully saturated rings. The molecule has 11 nitrogen and oxygen atoms in total. The van der Waals surface area contributed by atoms with Gasteiger partial charge in [0.05, 0.1) is 23.0 Å². The Kier molecular flexibility index (Phi) is 9.27. The van der Waals surface area contributed by atoms with Crippen molar-refractivity contribution in [2.24, 2.45) is 0 Å². The molecule has 2 aromatic carbocycles. The van der Waals surface area contributed by atoms with E-state index in [2.05, 4.69) is 24.8 Å². The van der Waals surface area contributed by atoms with Crippen LogP contribution in [0.2, 0.25) is 0 Å². The molecular formula is C29H27F5N6O5S.